The van der Waals surface area contributed by atoms with Gasteiger partial charge in [-0.1, -0.05) is 43.7 Å². The molecule has 1 fully saturated rings. The van der Waals surface area contributed by atoms with Crippen molar-refractivity contribution in [1.29, 1.82) is 0 Å². The summed E-state index contributed by atoms with van der Waals surface area (Å²) >= 11 is 9.46. The average Bonchev–Trinajstić information content (AvgIpc) is 2.27. The molecule has 1 aromatic rings. The van der Waals surface area contributed by atoms with E-state index >= 15 is 0 Å². The molecular formula is C14H19BrClN. The van der Waals surface area contributed by atoms with Crippen molar-refractivity contribution >= 4 is 33.2 Å². The fourth-order valence-corrected chi connectivity index (χ4v) is 2.92. The molecule has 0 unspecified atom stereocenters. The van der Waals surface area contributed by atoms with Crippen LogP contribution in [0.4, 0.5) is 5.69 Å². The van der Waals surface area contributed by atoms with Crippen LogP contribution in [0.3, 0.4) is 0 Å². The minimum atomic E-state index is 0.628. The summed E-state index contributed by atoms with van der Waals surface area (Å²) < 4.78 is 0.968. The van der Waals surface area contributed by atoms with Crippen LogP contribution < -0.4 is 5.32 Å². The van der Waals surface area contributed by atoms with Crippen LogP contribution in [0.1, 0.15) is 44.9 Å². The molecular weight excluding hydrogens is 298 g/mol. The Kier molecular flexibility index (Phi) is 5.17. The van der Waals surface area contributed by atoms with E-state index in [4.69, 9.17) is 11.6 Å². The highest BCUT2D eigenvalue weighted by Crippen LogP contribution is 2.27. The first-order valence-corrected chi connectivity index (χ1v) is 7.64. The lowest BCUT2D eigenvalue weighted by Crippen LogP contribution is -2.20. The zero-order valence-corrected chi connectivity index (χ0v) is 12.4. The van der Waals surface area contributed by atoms with Gasteiger partial charge in [0, 0.05) is 16.2 Å². The molecule has 0 atom stereocenters. The second-order valence-corrected chi connectivity index (χ2v) is 6.08. The van der Waals surface area contributed by atoms with Gasteiger partial charge in [0.05, 0.1) is 5.02 Å². The van der Waals surface area contributed by atoms with E-state index in [1.807, 2.05) is 6.07 Å². The summed E-state index contributed by atoms with van der Waals surface area (Å²) in [4.78, 5) is 0. The van der Waals surface area contributed by atoms with Crippen molar-refractivity contribution in [2.24, 2.45) is 0 Å². The van der Waals surface area contributed by atoms with Crippen molar-refractivity contribution in [3.8, 4) is 0 Å². The third kappa shape index (κ3) is 4.18. The molecule has 0 amide bonds. The van der Waals surface area contributed by atoms with E-state index in [0.717, 1.165) is 9.50 Å². The highest BCUT2D eigenvalue weighted by molar-refractivity contribution is 9.10. The Morgan fingerprint density at radius 3 is 2.35 bits per heavy atom. The van der Waals surface area contributed by atoms with E-state index in [-0.39, 0.29) is 0 Å². The molecule has 0 heterocycles. The number of hydrogen-bond donors (Lipinski definition) is 1. The highest BCUT2D eigenvalue weighted by atomic mass is 79.9. The maximum Gasteiger partial charge on any atom is 0.0549 e. The summed E-state index contributed by atoms with van der Waals surface area (Å²) in [6, 6.07) is 6.70. The maximum atomic E-state index is 6.00. The van der Waals surface area contributed by atoms with Crippen molar-refractivity contribution in [2.75, 3.05) is 5.32 Å². The number of halogens is 2. The summed E-state index contributed by atoms with van der Waals surface area (Å²) in [5.41, 5.74) is 1.17. The zero-order valence-electron chi connectivity index (χ0n) is 10.0. The summed E-state index contributed by atoms with van der Waals surface area (Å²) in [6.45, 7) is 0. The first-order valence-electron chi connectivity index (χ1n) is 6.47. The Morgan fingerprint density at radius 1 is 1.06 bits per heavy atom. The molecule has 2 rings (SSSR count). The number of anilines is 1. The van der Waals surface area contributed by atoms with Crippen molar-refractivity contribution in [3.63, 3.8) is 0 Å². The number of benzene rings is 1. The van der Waals surface area contributed by atoms with E-state index in [1.165, 1.54) is 50.6 Å². The monoisotopic (exact) mass is 315 g/mol. The van der Waals surface area contributed by atoms with Gasteiger partial charge >= 0.3 is 0 Å². The van der Waals surface area contributed by atoms with Gasteiger partial charge in [0.2, 0.25) is 0 Å². The van der Waals surface area contributed by atoms with Gasteiger partial charge in [-0.2, -0.15) is 0 Å². The van der Waals surface area contributed by atoms with E-state index in [9.17, 15) is 0 Å². The maximum absolute atomic E-state index is 6.00. The third-order valence-corrected chi connectivity index (χ3v) is 4.61. The van der Waals surface area contributed by atoms with Crippen LogP contribution in [0.25, 0.3) is 0 Å². The summed E-state index contributed by atoms with van der Waals surface area (Å²) in [5.74, 6) is 0. The minimum Gasteiger partial charge on any atom is -0.382 e. The number of hydrogen-bond acceptors (Lipinski definition) is 1. The second-order valence-electron chi connectivity index (χ2n) is 4.82. The van der Waals surface area contributed by atoms with Gasteiger partial charge < -0.3 is 5.32 Å². The van der Waals surface area contributed by atoms with Crippen LogP contribution >= 0.6 is 27.5 Å². The molecule has 1 aromatic carbocycles. The van der Waals surface area contributed by atoms with Crippen LogP contribution in [-0.4, -0.2) is 6.04 Å². The van der Waals surface area contributed by atoms with Crippen LogP contribution in [-0.2, 0) is 0 Å². The SMILES string of the molecule is Clc1ccc(NC2CCCCCCC2)cc1Br. The molecule has 0 spiro atoms. The normalized spacial score (nSPS) is 18.5. The van der Waals surface area contributed by atoms with Gasteiger partial charge in [-0.05, 0) is 47.0 Å². The molecule has 1 aliphatic rings. The van der Waals surface area contributed by atoms with Crippen LogP contribution in [0.15, 0.2) is 22.7 Å². The topological polar surface area (TPSA) is 12.0 Å². The van der Waals surface area contributed by atoms with E-state index < -0.39 is 0 Å². The molecule has 0 aliphatic heterocycles. The third-order valence-electron chi connectivity index (χ3n) is 3.40. The Bertz CT molecular complexity index is 359. The second kappa shape index (κ2) is 6.65. The Balaban J connectivity index is 1.95. The Hall–Kier alpha value is -0.210. The van der Waals surface area contributed by atoms with Crippen molar-refractivity contribution in [2.45, 2.75) is 51.0 Å². The summed E-state index contributed by atoms with van der Waals surface area (Å²) in [5, 5.41) is 4.40. The van der Waals surface area contributed by atoms with Crippen molar-refractivity contribution < 1.29 is 0 Å². The molecule has 0 saturated heterocycles. The number of nitrogens with one attached hydrogen (secondary N) is 1. The highest BCUT2D eigenvalue weighted by Gasteiger charge is 2.11. The lowest BCUT2D eigenvalue weighted by molar-refractivity contribution is 0.471. The fourth-order valence-electron chi connectivity index (χ4n) is 2.42. The smallest absolute Gasteiger partial charge is 0.0549 e. The van der Waals surface area contributed by atoms with Crippen molar-refractivity contribution in [1.82, 2.24) is 0 Å². The standard InChI is InChI=1S/C14H19BrClN/c15-13-10-12(8-9-14(13)16)17-11-6-4-2-1-3-5-7-11/h8-11,17H,1-7H2. The van der Waals surface area contributed by atoms with Gasteiger partial charge in [0.15, 0.2) is 0 Å². The molecule has 0 aromatic heterocycles. The molecule has 1 aliphatic carbocycles. The Morgan fingerprint density at radius 2 is 1.71 bits per heavy atom. The molecule has 1 N–H and O–H groups in total. The van der Waals surface area contributed by atoms with Gasteiger partial charge in [0.25, 0.3) is 0 Å². The van der Waals surface area contributed by atoms with Gasteiger partial charge in [0.1, 0.15) is 0 Å². The Labute approximate surface area is 117 Å². The lowest BCUT2D eigenvalue weighted by atomic mass is 9.96. The first-order chi connectivity index (χ1) is 8.25. The molecule has 0 bridgehead atoms. The van der Waals surface area contributed by atoms with E-state index in [0.29, 0.717) is 6.04 Å². The summed E-state index contributed by atoms with van der Waals surface area (Å²) in [7, 11) is 0. The molecule has 1 nitrogen and oxygen atoms in total. The number of rotatable bonds is 2. The van der Waals surface area contributed by atoms with Gasteiger partial charge in [-0.25, -0.2) is 0 Å². The van der Waals surface area contributed by atoms with Gasteiger partial charge in [-0.15, -0.1) is 0 Å². The predicted octanol–water partition coefficient (Wildman–Crippen LogP) is 5.63. The van der Waals surface area contributed by atoms with Crippen LogP contribution in [0.5, 0.6) is 0 Å². The quantitative estimate of drug-likeness (QED) is 0.746. The minimum absolute atomic E-state index is 0.628. The molecule has 1 saturated carbocycles. The van der Waals surface area contributed by atoms with Crippen molar-refractivity contribution in [3.05, 3.63) is 27.7 Å². The fraction of sp³-hybridized carbons (Fsp3) is 0.571. The van der Waals surface area contributed by atoms with Crippen LogP contribution in [0, 0.1) is 0 Å². The molecule has 94 valence electrons. The molecule has 17 heavy (non-hydrogen) atoms. The largest absolute Gasteiger partial charge is 0.382 e. The summed E-state index contributed by atoms with van der Waals surface area (Å²) in [6.07, 6.45) is 9.49. The molecule has 3 heteroatoms. The van der Waals surface area contributed by atoms with Crippen LogP contribution in [0.2, 0.25) is 5.02 Å². The van der Waals surface area contributed by atoms with E-state index in [1.54, 1.807) is 0 Å². The predicted molar refractivity (Wildman–Crippen MR) is 78.9 cm³/mol. The zero-order chi connectivity index (χ0) is 12.1. The average molecular weight is 317 g/mol. The lowest BCUT2D eigenvalue weighted by Gasteiger charge is -2.22. The molecule has 0 radical (unpaired) electrons. The first kappa shape index (κ1) is 13.2. The van der Waals surface area contributed by atoms with Gasteiger partial charge in [-0.3, -0.25) is 0 Å². The van der Waals surface area contributed by atoms with E-state index in [2.05, 4.69) is 33.4 Å².